The molecular formula is C17H15F6N3O2. The van der Waals surface area contributed by atoms with E-state index in [0.29, 0.717) is 0 Å². The number of aliphatic hydroxyl groups is 1. The van der Waals surface area contributed by atoms with Gasteiger partial charge in [-0.25, -0.2) is 9.97 Å². The molecule has 28 heavy (non-hydrogen) atoms. The van der Waals surface area contributed by atoms with Crippen LogP contribution in [-0.4, -0.2) is 34.5 Å². The Kier molecular flexibility index (Phi) is 5.13. The van der Waals surface area contributed by atoms with Gasteiger partial charge in [-0.1, -0.05) is 12.1 Å². The summed E-state index contributed by atoms with van der Waals surface area (Å²) in [7, 11) is 0. The van der Waals surface area contributed by atoms with E-state index < -0.39 is 29.6 Å². The Labute approximate surface area is 155 Å². The Balaban J connectivity index is 1.73. The molecule has 1 fully saturated rings. The van der Waals surface area contributed by atoms with Crippen LogP contribution in [0.25, 0.3) is 0 Å². The first-order chi connectivity index (χ1) is 13.0. The van der Waals surface area contributed by atoms with Crippen molar-refractivity contribution in [2.24, 2.45) is 0 Å². The highest BCUT2D eigenvalue weighted by atomic mass is 19.4. The van der Waals surface area contributed by atoms with E-state index >= 15 is 0 Å². The van der Waals surface area contributed by atoms with Crippen molar-refractivity contribution in [2.75, 3.05) is 18.0 Å². The van der Waals surface area contributed by atoms with Gasteiger partial charge in [0, 0.05) is 19.3 Å². The van der Waals surface area contributed by atoms with Crippen LogP contribution >= 0.6 is 0 Å². The standard InChI is InChI=1S/C17H15F6N3O2/c18-16(19,20)13-4-7-24-14(25-13)26-8-5-15(27,6-9-26)11-2-1-3-12(10-11)28-17(21,22)23/h1-4,7,10,27H,5-6,8-9H2. The second-order valence-corrected chi connectivity index (χ2v) is 6.33. The summed E-state index contributed by atoms with van der Waals surface area (Å²) >= 11 is 0. The van der Waals surface area contributed by atoms with E-state index in [1.54, 1.807) is 0 Å². The smallest absolute Gasteiger partial charge is 0.406 e. The third kappa shape index (κ3) is 4.64. The van der Waals surface area contributed by atoms with E-state index in [2.05, 4.69) is 14.7 Å². The first-order valence-electron chi connectivity index (χ1n) is 8.20. The minimum absolute atomic E-state index is 0.0715. The number of ether oxygens (including phenoxy) is 1. The number of hydrogen-bond acceptors (Lipinski definition) is 5. The van der Waals surface area contributed by atoms with Gasteiger partial charge in [0.05, 0.1) is 5.60 Å². The van der Waals surface area contributed by atoms with Crippen molar-refractivity contribution in [3.8, 4) is 5.75 Å². The maximum absolute atomic E-state index is 12.8. The molecule has 0 spiro atoms. The summed E-state index contributed by atoms with van der Waals surface area (Å²) in [5.41, 5.74) is -2.28. The summed E-state index contributed by atoms with van der Waals surface area (Å²) in [6.45, 7) is 0.254. The Bertz CT molecular complexity index is 832. The molecule has 0 aliphatic carbocycles. The Morgan fingerprint density at radius 3 is 2.32 bits per heavy atom. The number of anilines is 1. The predicted octanol–water partition coefficient (Wildman–Crippen LogP) is 3.88. The van der Waals surface area contributed by atoms with Gasteiger partial charge in [-0.3, -0.25) is 0 Å². The lowest BCUT2D eigenvalue weighted by molar-refractivity contribution is -0.274. The van der Waals surface area contributed by atoms with Crippen LogP contribution in [-0.2, 0) is 11.8 Å². The Morgan fingerprint density at radius 2 is 1.71 bits per heavy atom. The van der Waals surface area contributed by atoms with Gasteiger partial charge in [-0.05, 0) is 36.6 Å². The van der Waals surface area contributed by atoms with Crippen LogP contribution in [0.15, 0.2) is 36.5 Å². The fourth-order valence-electron chi connectivity index (χ4n) is 3.01. The number of nitrogens with zero attached hydrogens (tertiary/aromatic N) is 3. The molecule has 11 heteroatoms. The van der Waals surface area contributed by atoms with E-state index in [9.17, 15) is 31.4 Å². The van der Waals surface area contributed by atoms with E-state index in [-0.39, 0.29) is 37.4 Å². The minimum Gasteiger partial charge on any atom is -0.406 e. The SMILES string of the molecule is OC1(c2cccc(OC(F)(F)F)c2)CCN(c2nccc(C(F)(F)F)n2)CC1. The zero-order valence-electron chi connectivity index (χ0n) is 14.3. The summed E-state index contributed by atoms with van der Waals surface area (Å²) in [5, 5.41) is 10.8. The molecule has 2 heterocycles. The number of hydrogen-bond donors (Lipinski definition) is 1. The van der Waals surface area contributed by atoms with Crippen molar-refractivity contribution in [1.29, 1.82) is 0 Å². The monoisotopic (exact) mass is 407 g/mol. The van der Waals surface area contributed by atoms with E-state index in [1.165, 1.54) is 17.0 Å². The summed E-state index contributed by atoms with van der Waals surface area (Å²) in [5.74, 6) is -0.576. The highest BCUT2D eigenvalue weighted by molar-refractivity contribution is 5.36. The topological polar surface area (TPSA) is 58.5 Å². The summed E-state index contributed by atoms with van der Waals surface area (Å²) in [4.78, 5) is 8.83. The molecule has 1 aromatic heterocycles. The number of aromatic nitrogens is 2. The summed E-state index contributed by atoms with van der Waals surface area (Å²) < 4.78 is 79.4. The predicted molar refractivity (Wildman–Crippen MR) is 85.5 cm³/mol. The van der Waals surface area contributed by atoms with E-state index in [4.69, 9.17) is 0 Å². The molecule has 2 aromatic rings. The molecule has 0 atom stereocenters. The summed E-state index contributed by atoms with van der Waals surface area (Å²) in [6.07, 6.45) is -8.31. The van der Waals surface area contributed by atoms with Crippen LogP contribution in [0.1, 0.15) is 24.1 Å². The van der Waals surface area contributed by atoms with Gasteiger partial charge >= 0.3 is 12.5 Å². The van der Waals surface area contributed by atoms with Crippen LogP contribution in [0.5, 0.6) is 5.75 Å². The first-order valence-corrected chi connectivity index (χ1v) is 8.20. The quantitative estimate of drug-likeness (QED) is 0.783. The van der Waals surface area contributed by atoms with Crippen molar-refractivity contribution in [1.82, 2.24) is 9.97 Å². The maximum atomic E-state index is 12.8. The van der Waals surface area contributed by atoms with Gasteiger partial charge in [0.2, 0.25) is 5.95 Å². The Morgan fingerprint density at radius 1 is 1.04 bits per heavy atom. The zero-order valence-corrected chi connectivity index (χ0v) is 14.3. The van der Waals surface area contributed by atoms with Crippen LogP contribution < -0.4 is 9.64 Å². The van der Waals surface area contributed by atoms with Crippen molar-refractivity contribution in [2.45, 2.75) is 31.0 Å². The average molecular weight is 407 g/mol. The number of rotatable bonds is 3. The normalized spacial score (nSPS) is 17.5. The lowest BCUT2D eigenvalue weighted by atomic mass is 9.84. The van der Waals surface area contributed by atoms with E-state index in [1.807, 2.05) is 0 Å². The molecule has 0 saturated carbocycles. The largest absolute Gasteiger partial charge is 0.573 e. The molecule has 1 N–H and O–H groups in total. The van der Waals surface area contributed by atoms with Gasteiger partial charge in [0.1, 0.15) is 11.4 Å². The van der Waals surface area contributed by atoms with Gasteiger partial charge in [-0.15, -0.1) is 13.2 Å². The second kappa shape index (κ2) is 7.12. The average Bonchev–Trinajstić information content (AvgIpc) is 2.60. The molecule has 1 aliphatic rings. The van der Waals surface area contributed by atoms with Gasteiger partial charge in [0.15, 0.2) is 0 Å². The molecule has 1 aliphatic heterocycles. The highest BCUT2D eigenvalue weighted by Gasteiger charge is 2.37. The second-order valence-electron chi connectivity index (χ2n) is 6.33. The number of benzene rings is 1. The molecular weight excluding hydrogens is 392 g/mol. The lowest BCUT2D eigenvalue weighted by Gasteiger charge is -2.38. The molecule has 5 nitrogen and oxygen atoms in total. The number of piperidine rings is 1. The number of alkyl halides is 6. The van der Waals surface area contributed by atoms with Crippen molar-refractivity contribution in [3.05, 3.63) is 47.8 Å². The van der Waals surface area contributed by atoms with E-state index in [0.717, 1.165) is 24.4 Å². The van der Waals surface area contributed by atoms with Gasteiger partial charge in [-0.2, -0.15) is 13.2 Å². The van der Waals surface area contributed by atoms with Gasteiger partial charge in [0.25, 0.3) is 0 Å². The third-order valence-electron chi connectivity index (χ3n) is 4.41. The fourth-order valence-corrected chi connectivity index (χ4v) is 3.01. The highest BCUT2D eigenvalue weighted by Crippen LogP contribution is 2.36. The molecule has 1 saturated heterocycles. The minimum atomic E-state index is -4.86. The molecule has 0 radical (unpaired) electrons. The van der Waals surface area contributed by atoms with Crippen LogP contribution in [0.2, 0.25) is 0 Å². The van der Waals surface area contributed by atoms with Crippen molar-refractivity contribution in [3.63, 3.8) is 0 Å². The van der Waals surface area contributed by atoms with Crippen LogP contribution in [0.4, 0.5) is 32.3 Å². The lowest BCUT2D eigenvalue weighted by Crippen LogP contribution is -2.43. The molecule has 3 rings (SSSR count). The molecule has 1 aromatic carbocycles. The number of halogens is 6. The van der Waals surface area contributed by atoms with Crippen LogP contribution in [0, 0.1) is 0 Å². The Hall–Kier alpha value is -2.56. The third-order valence-corrected chi connectivity index (χ3v) is 4.41. The molecule has 0 bridgehead atoms. The van der Waals surface area contributed by atoms with Crippen molar-refractivity contribution < 1.29 is 36.2 Å². The first kappa shape index (κ1) is 20.2. The molecule has 152 valence electrons. The fraction of sp³-hybridized carbons (Fsp3) is 0.412. The maximum Gasteiger partial charge on any atom is 0.573 e. The molecule has 0 unspecified atom stereocenters. The summed E-state index contributed by atoms with van der Waals surface area (Å²) in [6, 6.07) is 5.78. The molecule has 0 amide bonds. The zero-order chi connectivity index (χ0) is 20.6. The van der Waals surface area contributed by atoms with Crippen LogP contribution in [0.3, 0.4) is 0 Å². The van der Waals surface area contributed by atoms with Crippen molar-refractivity contribution >= 4 is 5.95 Å². The van der Waals surface area contributed by atoms with Gasteiger partial charge < -0.3 is 14.7 Å².